The van der Waals surface area contributed by atoms with Crippen LogP contribution in [0.4, 0.5) is 0 Å². The molecule has 1 N–H and O–H groups in total. The molecule has 0 saturated heterocycles. The van der Waals surface area contributed by atoms with Crippen LogP contribution in [0.2, 0.25) is 0 Å². The summed E-state index contributed by atoms with van der Waals surface area (Å²) in [7, 11) is -3.12. The van der Waals surface area contributed by atoms with Crippen LogP contribution in [0.3, 0.4) is 0 Å². The third-order valence-corrected chi connectivity index (χ3v) is 4.99. The zero-order chi connectivity index (χ0) is 14.3. The number of hydrogen-bond acceptors (Lipinski definition) is 3. The molecule has 0 heterocycles. The van der Waals surface area contributed by atoms with Crippen molar-refractivity contribution < 1.29 is 8.42 Å². The van der Waals surface area contributed by atoms with E-state index in [-0.39, 0.29) is 5.75 Å². The lowest BCUT2D eigenvalue weighted by Crippen LogP contribution is -2.27. The molecule has 0 aliphatic carbocycles. The molecule has 1 rings (SSSR count). The molecule has 1 unspecified atom stereocenters. The maximum atomic E-state index is 12.1. The van der Waals surface area contributed by atoms with E-state index in [2.05, 4.69) is 19.2 Å². The fourth-order valence-corrected chi connectivity index (χ4v) is 3.27. The molecule has 1 aromatic rings. The Hall–Kier alpha value is -0.870. The summed E-state index contributed by atoms with van der Waals surface area (Å²) in [6.45, 7) is 7.18. The van der Waals surface area contributed by atoms with Gasteiger partial charge in [0.2, 0.25) is 0 Å². The van der Waals surface area contributed by atoms with E-state index in [0.29, 0.717) is 17.4 Å². The Kier molecular flexibility index (Phi) is 6.52. The lowest BCUT2D eigenvalue weighted by Gasteiger charge is -2.12. The second-order valence-electron chi connectivity index (χ2n) is 5.13. The van der Waals surface area contributed by atoms with Crippen LogP contribution in [-0.4, -0.2) is 26.8 Å². The molecule has 0 spiro atoms. The second kappa shape index (κ2) is 7.65. The fraction of sp³-hybridized carbons (Fsp3) is 0.600. The van der Waals surface area contributed by atoms with Gasteiger partial charge in [-0.2, -0.15) is 0 Å². The van der Waals surface area contributed by atoms with E-state index in [4.69, 9.17) is 0 Å². The van der Waals surface area contributed by atoms with Gasteiger partial charge in [0.05, 0.1) is 10.6 Å². The number of rotatable bonds is 8. The molecule has 0 bridgehead atoms. The van der Waals surface area contributed by atoms with E-state index in [0.717, 1.165) is 24.9 Å². The summed E-state index contributed by atoms with van der Waals surface area (Å²) in [5.41, 5.74) is 1.08. The molecule has 0 amide bonds. The van der Waals surface area contributed by atoms with Gasteiger partial charge in [0.15, 0.2) is 9.84 Å². The lowest BCUT2D eigenvalue weighted by atomic mass is 10.2. The van der Waals surface area contributed by atoms with Crippen LogP contribution >= 0.6 is 0 Å². The van der Waals surface area contributed by atoms with Crippen molar-refractivity contribution in [3.8, 4) is 0 Å². The number of nitrogens with one attached hydrogen (secondary N) is 1. The van der Waals surface area contributed by atoms with E-state index >= 15 is 0 Å². The molecule has 0 aliphatic heterocycles. The smallest absolute Gasteiger partial charge is 0.178 e. The average molecular weight is 283 g/mol. The van der Waals surface area contributed by atoms with Gasteiger partial charge in [-0.3, -0.25) is 0 Å². The van der Waals surface area contributed by atoms with Crippen molar-refractivity contribution in [2.45, 2.75) is 51.0 Å². The summed E-state index contributed by atoms with van der Waals surface area (Å²) in [5.74, 6) is 0.230. The minimum absolute atomic E-state index is 0.230. The molecule has 3 nitrogen and oxygen atoms in total. The molecule has 1 atom stereocenters. The standard InChI is InChI=1S/C15H25NO2S/c1-4-11-16-14(3)6-5-12-19(17,18)15-9-7-13(2)8-10-15/h7-10,14,16H,4-6,11-12H2,1-3H3. The highest BCUT2D eigenvalue weighted by atomic mass is 32.2. The van der Waals surface area contributed by atoms with Crippen LogP contribution in [-0.2, 0) is 9.84 Å². The molecular formula is C15H25NO2S. The van der Waals surface area contributed by atoms with Crippen LogP contribution in [0.25, 0.3) is 0 Å². The van der Waals surface area contributed by atoms with Crippen molar-refractivity contribution in [3.63, 3.8) is 0 Å². The van der Waals surface area contributed by atoms with E-state index in [1.807, 2.05) is 19.1 Å². The maximum Gasteiger partial charge on any atom is 0.178 e. The fourth-order valence-electron chi connectivity index (χ4n) is 1.94. The first-order chi connectivity index (χ1) is 8.95. The highest BCUT2D eigenvalue weighted by Crippen LogP contribution is 2.14. The van der Waals surface area contributed by atoms with E-state index in [1.165, 1.54) is 0 Å². The Bertz CT molecular complexity index is 465. The zero-order valence-electron chi connectivity index (χ0n) is 12.1. The van der Waals surface area contributed by atoms with Crippen molar-refractivity contribution in [3.05, 3.63) is 29.8 Å². The number of hydrogen-bond donors (Lipinski definition) is 1. The topological polar surface area (TPSA) is 46.2 Å². The SMILES string of the molecule is CCCNC(C)CCCS(=O)(=O)c1ccc(C)cc1. The van der Waals surface area contributed by atoms with Gasteiger partial charge in [0.25, 0.3) is 0 Å². The van der Waals surface area contributed by atoms with Gasteiger partial charge < -0.3 is 5.32 Å². The molecule has 0 radical (unpaired) electrons. The first-order valence-electron chi connectivity index (χ1n) is 6.98. The summed E-state index contributed by atoms with van der Waals surface area (Å²) < 4.78 is 24.2. The summed E-state index contributed by atoms with van der Waals surface area (Å²) in [6.07, 6.45) is 2.70. The van der Waals surface area contributed by atoms with Gasteiger partial charge in [0, 0.05) is 6.04 Å². The number of aryl methyl sites for hydroxylation is 1. The van der Waals surface area contributed by atoms with Crippen LogP contribution in [0.1, 0.15) is 38.7 Å². The van der Waals surface area contributed by atoms with Crippen LogP contribution in [0.5, 0.6) is 0 Å². The quantitative estimate of drug-likeness (QED) is 0.798. The molecule has 108 valence electrons. The van der Waals surface area contributed by atoms with Crippen LogP contribution < -0.4 is 5.32 Å². The van der Waals surface area contributed by atoms with Gasteiger partial charge >= 0.3 is 0 Å². The van der Waals surface area contributed by atoms with E-state index in [1.54, 1.807) is 12.1 Å². The highest BCUT2D eigenvalue weighted by Gasteiger charge is 2.14. The number of sulfone groups is 1. The van der Waals surface area contributed by atoms with Crippen molar-refractivity contribution >= 4 is 9.84 Å². The molecular weight excluding hydrogens is 258 g/mol. The third kappa shape index (κ3) is 5.74. The third-order valence-electron chi connectivity index (χ3n) is 3.17. The molecule has 0 aromatic heterocycles. The molecule has 19 heavy (non-hydrogen) atoms. The lowest BCUT2D eigenvalue weighted by molar-refractivity contribution is 0.506. The Morgan fingerprint density at radius 2 is 1.84 bits per heavy atom. The molecule has 1 aromatic carbocycles. The first-order valence-corrected chi connectivity index (χ1v) is 8.63. The van der Waals surface area contributed by atoms with Crippen LogP contribution in [0, 0.1) is 6.92 Å². The predicted molar refractivity (Wildman–Crippen MR) is 80.2 cm³/mol. The maximum absolute atomic E-state index is 12.1. The molecule has 0 saturated carbocycles. The minimum atomic E-state index is -3.12. The molecule has 0 aliphatic rings. The Labute approximate surface area is 117 Å². The van der Waals surface area contributed by atoms with Crippen molar-refractivity contribution in [2.24, 2.45) is 0 Å². The van der Waals surface area contributed by atoms with E-state index in [9.17, 15) is 8.42 Å². The van der Waals surface area contributed by atoms with Gasteiger partial charge in [-0.25, -0.2) is 8.42 Å². The summed E-state index contributed by atoms with van der Waals surface area (Å²) >= 11 is 0. The Morgan fingerprint density at radius 1 is 1.21 bits per heavy atom. The van der Waals surface area contributed by atoms with E-state index < -0.39 is 9.84 Å². The Morgan fingerprint density at radius 3 is 2.42 bits per heavy atom. The van der Waals surface area contributed by atoms with Gasteiger partial charge in [-0.05, 0) is 51.8 Å². The first kappa shape index (κ1) is 16.2. The monoisotopic (exact) mass is 283 g/mol. The Balaban J connectivity index is 2.45. The van der Waals surface area contributed by atoms with Gasteiger partial charge in [-0.15, -0.1) is 0 Å². The molecule has 0 fully saturated rings. The predicted octanol–water partition coefficient (Wildman–Crippen LogP) is 2.94. The zero-order valence-corrected chi connectivity index (χ0v) is 13.0. The van der Waals surface area contributed by atoms with Crippen molar-refractivity contribution in [1.82, 2.24) is 5.32 Å². The molecule has 4 heteroatoms. The van der Waals surface area contributed by atoms with Crippen LogP contribution in [0.15, 0.2) is 29.2 Å². The number of benzene rings is 1. The van der Waals surface area contributed by atoms with Gasteiger partial charge in [0.1, 0.15) is 0 Å². The second-order valence-corrected chi connectivity index (χ2v) is 7.24. The normalized spacial score (nSPS) is 13.4. The minimum Gasteiger partial charge on any atom is -0.314 e. The highest BCUT2D eigenvalue weighted by molar-refractivity contribution is 7.91. The van der Waals surface area contributed by atoms with Crippen molar-refractivity contribution in [2.75, 3.05) is 12.3 Å². The average Bonchev–Trinajstić information content (AvgIpc) is 2.36. The van der Waals surface area contributed by atoms with Crippen molar-refractivity contribution in [1.29, 1.82) is 0 Å². The summed E-state index contributed by atoms with van der Waals surface area (Å²) in [5, 5.41) is 3.37. The largest absolute Gasteiger partial charge is 0.314 e. The van der Waals surface area contributed by atoms with Gasteiger partial charge in [-0.1, -0.05) is 24.6 Å². The summed E-state index contributed by atoms with van der Waals surface area (Å²) in [4.78, 5) is 0.437. The summed E-state index contributed by atoms with van der Waals surface area (Å²) in [6, 6.07) is 7.47.